The van der Waals surface area contributed by atoms with Gasteiger partial charge in [0, 0.05) is 11.4 Å². The van der Waals surface area contributed by atoms with Gasteiger partial charge >= 0.3 is 0 Å². The molecule has 0 bridgehead atoms. The number of hydrogen-bond acceptors (Lipinski definition) is 3. The van der Waals surface area contributed by atoms with Crippen LogP contribution >= 0.6 is 11.3 Å². The van der Waals surface area contributed by atoms with E-state index in [4.69, 9.17) is 5.73 Å². The van der Waals surface area contributed by atoms with Gasteiger partial charge in [0.25, 0.3) is 0 Å². The molecule has 100 valence electrons. The maximum absolute atomic E-state index is 13.8. The molecule has 1 heterocycles. The molecule has 0 saturated carbocycles. The summed E-state index contributed by atoms with van der Waals surface area (Å²) in [6.07, 6.45) is 0. The third-order valence-corrected chi connectivity index (χ3v) is 3.80. The van der Waals surface area contributed by atoms with Crippen molar-refractivity contribution in [3.8, 4) is 0 Å². The number of carbonyl (C=O) groups is 1. The van der Waals surface area contributed by atoms with Crippen LogP contribution in [0.2, 0.25) is 0 Å². The second-order valence-electron chi connectivity index (χ2n) is 4.03. The number of benzene rings is 1. The zero-order chi connectivity index (χ0) is 13.8. The number of hydrogen-bond donors (Lipinski definition) is 1. The van der Waals surface area contributed by atoms with Crippen LogP contribution in [0.3, 0.4) is 0 Å². The van der Waals surface area contributed by atoms with Gasteiger partial charge < -0.3 is 10.6 Å². The summed E-state index contributed by atoms with van der Waals surface area (Å²) in [5.41, 5.74) is 6.21. The third-order valence-electron chi connectivity index (χ3n) is 2.84. The molecule has 0 aliphatic rings. The molecule has 19 heavy (non-hydrogen) atoms. The first kappa shape index (κ1) is 13.7. The van der Waals surface area contributed by atoms with E-state index in [0.29, 0.717) is 6.54 Å². The van der Waals surface area contributed by atoms with Gasteiger partial charge in [0.1, 0.15) is 11.9 Å². The lowest BCUT2D eigenvalue weighted by Gasteiger charge is -2.24. The lowest BCUT2D eigenvalue weighted by molar-refractivity contribution is -0.119. The van der Waals surface area contributed by atoms with Gasteiger partial charge in [0.05, 0.1) is 5.69 Å². The Balaban J connectivity index is 2.28. The average molecular weight is 278 g/mol. The zero-order valence-electron chi connectivity index (χ0n) is 10.5. The Labute approximate surface area is 115 Å². The zero-order valence-corrected chi connectivity index (χ0v) is 11.4. The van der Waals surface area contributed by atoms with Crippen LogP contribution in [-0.2, 0) is 4.79 Å². The lowest BCUT2D eigenvalue weighted by Crippen LogP contribution is -2.38. The van der Waals surface area contributed by atoms with Gasteiger partial charge in [-0.2, -0.15) is 0 Å². The molecule has 0 aliphatic carbocycles. The van der Waals surface area contributed by atoms with Crippen LogP contribution in [0.25, 0.3) is 0 Å². The van der Waals surface area contributed by atoms with Gasteiger partial charge in [-0.05, 0) is 30.5 Å². The van der Waals surface area contributed by atoms with E-state index in [1.807, 2.05) is 17.5 Å². The van der Waals surface area contributed by atoms with Crippen molar-refractivity contribution < 1.29 is 9.18 Å². The summed E-state index contributed by atoms with van der Waals surface area (Å²) in [5, 5.41) is 1.86. The first-order chi connectivity index (χ1) is 9.15. The topological polar surface area (TPSA) is 46.3 Å². The van der Waals surface area contributed by atoms with Gasteiger partial charge in [-0.15, -0.1) is 11.3 Å². The smallest absolute Gasteiger partial charge is 0.249 e. The highest BCUT2D eigenvalue weighted by atomic mass is 32.1. The number of para-hydroxylation sites is 1. The van der Waals surface area contributed by atoms with Gasteiger partial charge in [0.2, 0.25) is 5.91 Å². The molecule has 0 saturated heterocycles. The third kappa shape index (κ3) is 2.83. The Kier molecular flexibility index (Phi) is 4.29. The summed E-state index contributed by atoms with van der Waals surface area (Å²) in [7, 11) is 0. The molecule has 5 heteroatoms. The largest absolute Gasteiger partial charge is 0.316 e. The molecule has 2 N–H and O–H groups in total. The second-order valence-corrected chi connectivity index (χ2v) is 5.01. The Bertz CT molecular complexity index is 556. The molecular formula is C14H15FN2OS. The monoisotopic (exact) mass is 278 g/mol. The number of amides is 1. The highest BCUT2D eigenvalue weighted by Crippen LogP contribution is 2.24. The van der Waals surface area contributed by atoms with E-state index in [-0.39, 0.29) is 11.6 Å². The average Bonchev–Trinajstić information content (AvgIpc) is 2.94. The van der Waals surface area contributed by atoms with E-state index in [1.54, 1.807) is 25.1 Å². The quantitative estimate of drug-likeness (QED) is 0.934. The van der Waals surface area contributed by atoms with Gasteiger partial charge in [-0.25, -0.2) is 4.39 Å². The molecule has 2 rings (SSSR count). The fourth-order valence-electron chi connectivity index (χ4n) is 1.87. The summed E-state index contributed by atoms with van der Waals surface area (Å²) < 4.78 is 13.8. The molecule has 3 nitrogen and oxygen atoms in total. The van der Waals surface area contributed by atoms with E-state index in [2.05, 4.69) is 0 Å². The standard InChI is InChI=1S/C14H15FN2OS/c1-2-17(11-7-4-3-6-10(11)15)14(18)13(16)12-8-5-9-19-12/h3-9,13H,2,16H2,1H3. The van der Waals surface area contributed by atoms with Crippen LogP contribution in [0.5, 0.6) is 0 Å². The summed E-state index contributed by atoms with van der Waals surface area (Å²) in [5.74, 6) is -0.717. The van der Waals surface area contributed by atoms with Crippen LogP contribution in [0, 0.1) is 5.82 Å². The molecule has 1 unspecified atom stereocenters. The maximum Gasteiger partial charge on any atom is 0.249 e. The van der Waals surface area contributed by atoms with E-state index in [1.165, 1.54) is 22.3 Å². The summed E-state index contributed by atoms with van der Waals surface area (Å²) >= 11 is 1.42. The summed E-state index contributed by atoms with van der Waals surface area (Å²) in [6, 6.07) is 9.11. The number of carbonyl (C=O) groups excluding carboxylic acids is 1. The SMILES string of the molecule is CCN(C(=O)C(N)c1cccs1)c1ccccc1F. The number of nitrogens with two attached hydrogens (primary N) is 1. The van der Waals surface area contributed by atoms with E-state index >= 15 is 0 Å². The van der Waals surface area contributed by atoms with E-state index in [0.717, 1.165) is 4.88 Å². The van der Waals surface area contributed by atoms with Crippen molar-refractivity contribution in [2.24, 2.45) is 5.73 Å². The number of anilines is 1. The molecule has 0 fully saturated rings. The molecular weight excluding hydrogens is 263 g/mol. The number of halogens is 1. The Morgan fingerprint density at radius 1 is 1.37 bits per heavy atom. The van der Waals surface area contributed by atoms with Crippen LogP contribution in [0.4, 0.5) is 10.1 Å². The van der Waals surface area contributed by atoms with Crippen LogP contribution in [0.1, 0.15) is 17.8 Å². The van der Waals surface area contributed by atoms with Crippen molar-refractivity contribution in [3.05, 3.63) is 52.5 Å². The minimum Gasteiger partial charge on any atom is -0.316 e. The van der Waals surface area contributed by atoms with Crippen molar-refractivity contribution in [3.63, 3.8) is 0 Å². The number of thiophene rings is 1. The van der Waals surface area contributed by atoms with E-state index < -0.39 is 11.9 Å². The normalized spacial score (nSPS) is 12.2. The molecule has 2 aromatic rings. The fourth-order valence-corrected chi connectivity index (χ4v) is 2.59. The molecule has 1 atom stereocenters. The Morgan fingerprint density at radius 2 is 2.11 bits per heavy atom. The van der Waals surface area contributed by atoms with Crippen LogP contribution < -0.4 is 10.6 Å². The predicted molar refractivity (Wildman–Crippen MR) is 75.7 cm³/mol. The summed E-state index contributed by atoms with van der Waals surface area (Å²) in [4.78, 5) is 14.5. The lowest BCUT2D eigenvalue weighted by atomic mass is 10.2. The van der Waals surface area contributed by atoms with Crippen molar-refractivity contribution in [2.45, 2.75) is 13.0 Å². The highest BCUT2D eigenvalue weighted by Gasteiger charge is 2.24. The molecule has 0 radical (unpaired) electrons. The van der Waals surface area contributed by atoms with Crippen molar-refractivity contribution >= 4 is 22.9 Å². The molecule has 1 amide bonds. The van der Waals surface area contributed by atoms with Crippen molar-refractivity contribution in [1.29, 1.82) is 0 Å². The summed E-state index contributed by atoms with van der Waals surface area (Å²) in [6.45, 7) is 2.17. The molecule has 0 aliphatic heterocycles. The minimum absolute atomic E-state index is 0.266. The molecule has 0 spiro atoms. The number of likely N-dealkylation sites (N-methyl/N-ethyl adjacent to an activating group) is 1. The van der Waals surface area contributed by atoms with Gasteiger partial charge in [0.15, 0.2) is 0 Å². The molecule has 1 aromatic heterocycles. The second kappa shape index (κ2) is 5.95. The Hall–Kier alpha value is -1.72. The molecule has 1 aromatic carbocycles. The van der Waals surface area contributed by atoms with Crippen molar-refractivity contribution in [1.82, 2.24) is 0 Å². The number of nitrogens with zero attached hydrogens (tertiary/aromatic N) is 1. The van der Waals surface area contributed by atoms with Gasteiger partial charge in [-0.3, -0.25) is 4.79 Å². The first-order valence-electron chi connectivity index (χ1n) is 6.00. The van der Waals surface area contributed by atoms with Crippen LogP contribution in [0.15, 0.2) is 41.8 Å². The maximum atomic E-state index is 13.8. The minimum atomic E-state index is -0.750. The Morgan fingerprint density at radius 3 is 2.68 bits per heavy atom. The highest BCUT2D eigenvalue weighted by molar-refractivity contribution is 7.10. The van der Waals surface area contributed by atoms with Crippen molar-refractivity contribution in [2.75, 3.05) is 11.4 Å². The van der Waals surface area contributed by atoms with Crippen LogP contribution in [-0.4, -0.2) is 12.5 Å². The first-order valence-corrected chi connectivity index (χ1v) is 6.88. The van der Waals surface area contributed by atoms with E-state index in [9.17, 15) is 9.18 Å². The fraction of sp³-hybridized carbons (Fsp3) is 0.214. The number of rotatable bonds is 4. The van der Waals surface area contributed by atoms with Gasteiger partial charge in [-0.1, -0.05) is 18.2 Å². The predicted octanol–water partition coefficient (Wildman–Crippen LogP) is 2.94.